The van der Waals surface area contributed by atoms with Crippen molar-refractivity contribution < 1.29 is 38.4 Å². The Balaban J connectivity index is 2.45. The molecule has 0 bridgehead atoms. The van der Waals surface area contributed by atoms with Crippen molar-refractivity contribution in [3.63, 3.8) is 0 Å². The number of carbonyl (C=O) groups excluding carboxylic acids is 3. The van der Waals surface area contributed by atoms with Gasteiger partial charge in [0.2, 0.25) is 0 Å². The molecule has 2 N–H and O–H groups in total. The monoisotopic (exact) mass is 434 g/mol. The van der Waals surface area contributed by atoms with Crippen molar-refractivity contribution in [3.8, 4) is 11.5 Å². The molecule has 0 aromatic heterocycles. The largest absolute Gasteiger partial charge is 0.493 e. The summed E-state index contributed by atoms with van der Waals surface area (Å²) in [6, 6.07) is 2.27. The molecule has 1 aliphatic rings. The van der Waals surface area contributed by atoms with Gasteiger partial charge in [-0.3, -0.25) is 14.9 Å². The van der Waals surface area contributed by atoms with Gasteiger partial charge in [-0.25, -0.2) is 4.79 Å². The van der Waals surface area contributed by atoms with Gasteiger partial charge in [-0.05, 0) is 25.0 Å². The molecule has 0 saturated heterocycles. The number of hydrogen-bond donors (Lipinski definition) is 2. The summed E-state index contributed by atoms with van der Waals surface area (Å²) in [6.45, 7) is 4.69. The number of allylic oxidation sites excluding steroid dienone is 1. The average Bonchev–Trinajstić information content (AvgIpc) is 3.14. The summed E-state index contributed by atoms with van der Waals surface area (Å²) >= 11 is 0. The highest BCUT2D eigenvalue weighted by molar-refractivity contribution is 6.04. The van der Waals surface area contributed by atoms with E-state index in [-0.39, 0.29) is 41.5 Å². The highest BCUT2D eigenvalue weighted by Gasteiger charge is 2.32. The molecule has 0 spiro atoms. The van der Waals surface area contributed by atoms with Crippen LogP contribution < -0.4 is 14.8 Å². The fourth-order valence-corrected chi connectivity index (χ4v) is 3.10. The third-order valence-electron chi connectivity index (χ3n) is 4.51. The summed E-state index contributed by atoms with van der Waals surface area (Å²) in [5, 5.41) is 12.2. The molecule has 1 heterocycles. The van der Waals surface area contributed by atoms with Crippen LogP contribution in [0.1, 0.15) is 30.1 Å². The fraction of sp³-hybridized carbons (Fsp3) is 0.381. The molecular weight excluding hydrogens is 408 g/mol. The molecular formula is C21H26N2O8. The zero-order chi connectivity index (χ0) is 23.1. The first kappa shape index (κ1) is 23.7. The van der Waals surface area contributed by atoms with E-state index < -0.39 is 24.0 Å². The Morgan fingerprint density at radius 3 is 2.39 bits per heavy atom. The Morgan fingerprint density at radius 1 is 1.19 bits per heavy atom. The van der Waals surface area contributed by atoms with Crippen molar-refractivity contribution in [2.24, 2.45) is 0 Å². The van der Waals surface area contributed by atoms with E-state index in [2.05, 4.69) is 16.6 Å². The van der Waals surface area contributed by atoms with Crippen LogP contribution in [0.3, 0.4) is 0 Å². The first-order valence-electron chi connectivity index (χ1n) is 9.34. The normalized spacial score (nSPS) is 15.1. The second-order valence-corrected chi connectivity index (χ2v) is 6.76. The number of aliphatic hydroxyl groups is 1. The van der Waals surface area contributed by atoms with Gasteiger partial charge in [-0.15, -0.1) is 0 Å². The molecule has 1 aromatic carbocycles. The maximum atomic E-state index is 13.4. The minimum atomic E-state index is -0.837. The van der Waals surface area contributed by atoms with Crippen molar-refractivity contribution in [3.05, 3.63) is 41.8 Å². The number of nitrogens with zero attached hydrogens (tertiary/aromatic N) is 1. The molecule has 0 radical (unpaired) electrons. The van der Waals surface area contributed by atoms with E-state index in [9.17, 15) is 19.5 Å². The third-order valence-corrected chi connectivity index (χ3v) is 4.51. The first-order valence-corrected chi connectivity index (χ1v) is 9.34. The molecule has 10 nitrogen and oxygen atoms in total. The molecule has 2 amide bonds. The van der Waals surface area contributed by atoms with Crippen molar-refractivity contribution in [2.45, 2.75) is 25.8 Å². The lowest BCUT2D eigenvalue weighted by molar-refractivity contribution is -0.139. The number of nitrogens with one attached hydrogen (secondary N) is 1. The second-order valence-electron chi connectivity index (χ2n) is 6.76. The van der Waals surface area contributed by atoms with Crippen LogP contribution in [0.25, 0.3) is 0 Å². The Hall–Kier alpha value is -3.53. The van der Waals surface area contributed by atoms with Crippen molar-refractivity contribution in [1.29, 1.82) is 0 Å². The molecule has 31 heavy (non-hydrogen) atoms. The van der Waals surface area contributed by atoms with Gasteiger partial charge in [0.05, 0.1) is 57.4 Å². The summed E-state index contributed by atoms with van der Waals surface area (Å²) < 4.78 is 20.1. The van der Waals surface area contributed by atoms with Gasteiger partial charge in [0.25, 0.3) is 5.91 Å². The van der Waals surface area contributed by atoms with Crippen LogP contribution in [0.5, 0.6) is 11.5 Å². The second kappa shape index (κ2) is 10.5. The molecule has 2 rings (SSSR count). The first-order chi connectivity index (χ1) is 14.7. The Bertz CT molecular complexity index is 909. The van der Waals surface area contributed by atoms with Crippen LogP contribution in [-0.4, -0.2) is 62.0 Å². The molecule has 1 aliphatic heterocycles. The minimum absolute atomic E-state index is 0.00123. The van der Waals surface area contributed by atoms with Gasteiger partial charge in [0.1, 0.15) is 0 Å². The summed E-state index contributed by atoms with van der Waals surface area (Å²) in [5.74, 6) is -0.255. The lowest BCUT2D eigenvalue weighted by atomic mass is 10.1. The number of ether oxygens (including phenoxy) is 4. The van der Waals surface area contributed by atoms with Crippen LogP contribution in [0.4, 0.5) is 10.5 Å². The number of benzene rings is 1. The van der Waals surface area contributed by atoms with E-state index in [0.29, 0.717) is 12.0 Å². The van der Waals surface area contributed by atoms with E-state index in [1.54, 1.807) is 0 Å². The van der Waals surface area contributed by atoms with Crippen molar-refractivity contribution >= 4 is 23.7 Å². The summed E-state index contributed by atoms with van der Waals surface area (Å²) in [5.41, 5.74) is 0.821. The predicted molar refractivity (Wildman–Crippen MR) is 111 cm³/mol. The van der Waals surface area contributed by atoms with Gasteiger partial charge in [-0.2, -0.15) is 0 Å². The summed E-state index contributed by atoms with van der Waals surface area (Å²) in [4.78, 5) is 38.4. The van der Waals surface area contributed by atoms with E-state index >= 15 is 0 Å². The highest BCUT2D eigenvalue weighted by Crippen LogP contribution is 2.36. The zero-order valence-corrected chi connectivity index (χ0v) is 17.9. The topological polar surface area (TPSA) is 124 Å². The number of hydrogen-bond acceptors (Lipinski definition) is 8. The lowest BCUT2D eigenvalue weighted by Gasteiger charge is -2.24. The Labute approximate surface area is 180 Å². The number of carbonyl (C=O) groups is 3. The molecule has 0 fully saturated rings. The van der Waals surface area contributed by atoms with E-state index in [0.717, 1.165) is 0 Å². The van der Waals surface area contributed by atoms with Gasteiger partial charge in [0.15, 0.2) is 11.5 Å². The lowest BCUT2D eigenvalue weighted by Crippen LogP contribution is -2.36. The number of methoxy groups -OCH3 is 3. The molecule has 0 aliphatic carbocycles. The SMILES string of the molecule is C=C(C)OC(=O)Nc1cc(OC)c(OC)cc1C(=O)N1C=C(CC(=O)OC)C[C@H]1CO. The molecule has 1 aromatic rings. The summed E-state index contributed by atoms with van der Waals surface area (Å²) in [7, 11) is 4.10. The Kier molecular flexibility index (Phi) is 8.03. The zero-order valence-electron chi connectivity index (χ0n) is 17.9. The van der Waals surface area contributed by atoms with Gasteiger partial charge < -0.3 is 29.0 Å². The smallest absolute Gasteiger partial charge is 0.416 e. The van der Waals surface area contributed by atoms with Crippen molar-refractivity contribution in [1.82, 2.24) is 4.90 Å². The van der Waals surface area contributed by atoms with Crippen LogP contribution in [0, 0.1) is 0 Å². The van der Waals surface area contributed by atoms with Crippen LogP contribution in [0.15, 0.2) is 36.2 Å². The number of esters is 1. The number of anilines is 1. The van der Waals surface area contributed by atoms with Crippen LogP contribution >= 0.6 is 0 Å². The maximum absolute atomic E-state index is 13.4. The predicted octanol–water partition coefficient (Wildman–Crippen LogP) is 2.44. The maximum Gasteiger partial charge on any atom is 0.416 e. The van der Waals surface area contributed by atoms with E-state index in [1.165, 1.54) is 51.5 Å². The highest BCUT2D eigenvalue weighted by atomic mass is 16.6. The van der Waals surface area contributed by atoms with E-state index in [1.807, 2.05) is 0 Å². The Morgan fingerprint density at radius 2 is 1.84 bits per heavy atom. The average molecular weight is 434 g/mol. The number of aliphatic hydroxyl groups excluding tert-OH is 1. The molecule has 168 valence electrons. The van der Waals surface area contributed by atoms with Crippen molar-refractivity contribution in [2.75, 3.05) is 33.3 Å². The van der Waals surface area contributed by atoms with E-state index in [4.69, 9.17) is 14.2 Å². The number of amides is 2. The molecule has 0 unspecified atom stereocenters. The quantitative estimate of drug-likeness (QED) is 0.472. The van der Waals surface area contributed by atoms with Crippen LogP contribution in [-0.2, 0) is 14.3 Å². The molecule has 1 atom stereocenters. The van der Waals surface area contributed by atoms with Crippen LogP contribution in [0.2, 0.25) is 0 Å². The molecule has 0 saturated carbocycles. The fourth-order valence-electron chi connectivity index (χ4n) is 3.10. The third kappa shape index (κ3) is 5.76. The van der Waals surface area contributed by atoms with Gasteiger partial charge in [-0.1, -0.05) is 6.58 Å². The minimum Gasteiger partial charge on any atom is -0.493 e. The van der Waals surface area contributed by atoms with Gasteiger partial charge in [0, 0.05) is 12.3 Å². The standard InChI is InChI=1S/C21H26N2O8/c1-12(2)31-21(27)22-16-9-18(29-4)17(28-3)8-15(16)20(26)23-10-13(6-14(23)11-24)7-19(25)30-5/h8-10,14,24H,1,6-7,11H2,2-5H3,(H,22,27)/t14-/m0/s1. The summed E-state index contributed by atoms with van der Waals surface area (Å²) in [6.07, 6.45) is 0.979. The van der Waals surface area contributed by atoms with Gasteiger partial charge >= 0.3 is 12.1 Å². The molecule has 10 heteroatoms. The number of rotatable bonds is 8.